The summed E-state index contributed by atoms with van der Waals surface area (Å²) in [5.74, 6) is 0. The fourth-order valence-electron chi connectivity index (χ4n) is 4.87. The Bertz CT molecular complexity index is 1230. The maximum Gasteiger partial charge on any atom is 2.00 e. The van der Waals surface area contributed by atoms with Crippen LogP contribution in [0.1, 0.15) is 46.9 Å². The van der Waals surface area contributed by atoms with Gasteiger partial charge in [-0.2, -0.15) is 0 Å². The first kappa shape index (κ1) is 35.2. The second kappa shape index (κ2) is 18.5. The van der Waals surface area contributed by atoms with Gasteiger partial charge in [0.25, 0.3) is 0 Å². The monoisotopic (exact) mass is 658 g/mol. The van der Waals surface area contributed by atoms with Crippen LogP contribution in [0.15, 0.2) is 116 Å². The smallest absolute Gasteiger partial charge is 0.287 e. The van der Waals surface area contributed by atoms with Gasteiger partial charge < -0.3 is 0 Å². The standard InChI is InChI=1S/C33H34N6.CH4.2Zn/c1-27-18-28(21-38(23-30-10-2-6-14-34-30)24-31-11-3-7-15-35-31)20-29(19-27)22-39(25-32-12-4-8-16-36-32)26-33-13-5-9-17-37-33;;;/h2-20H,21-26H2,1H3;1H4;;/q;;2*+2. The molecule has 0 aliphatic rings. The molecule has 0 amide bonds. The summed E-state index contributed by atoms with van der Waals surface area (Å²) >= 11 is 0. The molecule has 0 aliphatic carbocycles. The van der Waals surface area contributed by atoms with Gasteiger partial charge in [-0.15, -0.1) is 0 Å². The minimum absolute atomic E-state index is 0. The molecule has 5 aromatic rings. The summed E-state index contributed by atoms with van der Waals surface area (Å²) in [7, 11) is 0. The molecule has 0 saturated carbocycles. The van der Waals surface area contributed by atoms with E-state index in [1.54, 1.807) is 0 Å². The van der Waals surface area contributed by atoms with Gasteiger partial charge in [-0.3, -0.25) is 29.7 Å². The molecule has 0 N–H and O–H groups in total. The van der Waals surface area contributed by atoms with Gasteiger partial charge in [-0.05, 0) is 66.6 Å². The van der Waals surface area contributed by atoms with Crippen LogP contribution in [0.2, 0.25) is 0 Å². The number of rotatable bonds is 12. The summed E-state index contributed by atoms with van der Waals surface area (Å²) in [6.07, 6.45) is 7.43. The Labute approximate surface area is 276 Å². The minimum atomic E-state index is 0. The largest absolute Gasteiger partial charge is 2.00 e. The third-order valence-corrected chi connectivity index (χ3v) is 6.46. The Morgan fingerprint density at radius 2 is 0.762 bits per heavy atom. The molecule has 1 aromatic carbocycles. The molecule has 4 heterocycles. The van der Waals surface area contributed by atoms with Crippen LogP contribution in [0.25, 0.3) is 0 Å². The number of hydrogen-bond donors (Lipinski definition) is 0. The predicted octanol–water partition coefficient (Wildman–Crippen LogP) is 6.61. The van der Waals surface area contributed by atoms with Crippen molar-refractivity contribution in [1.82, 2.24) is 29.7 Å². The molecule has 0 fully saturated rings. The van der Waals surface area contributed by atoms with Gasteiger partial charge in [-0.1, -0.05) is 55.5 Å². The Morgan fingerprint density at radius 1 is 0.452 bits per heavy atom. The summed E-state index contributed by atoms with van der Waals surface area (Å²) in [6, 6.07) is 31.3. The van der Waals surface area contributed by atoms with Crippen molar-refractivity contribution in [3.05, 3.63) is 155 Å². The molecule has 0 atom stereocenters. The van der Waals surface area contributed by atoms with Crippen molar-refractivity contribution in [1.29, 1.82) is 0 Å². The second-order valence-corrected chi connectivity index (χ2v) is 9.90. The Morgan fingerprint density at radius 3 is 1.02 bits per heavy atom. The average Bonchev–Trinajstić information content (AvgIpc) is 2.95. The molecule has 6 nitrogen and oxygen atoms in total. The van der Waals surface area contributed by atoms with Gasteiger partial charge >= 0.3 is 39.0 Å². The van der Waals surface area contributed by atoms with E-state index < -0.39 is 0 Å². The Hall–Kier alpha value is -3.01. The van der Waals surface area contributed by atoms with E-state index in [4.69, 9.17) is 0 Å². The van der Waals surface area contributed by atoms with Crippen molar-refractivity contribution in [3.8, 4) is 0 Å². The molecule has 0 saturated heterocycles. The van der Waals surface area contributed by atoms with Gasteiger partial charge in [0.05, 0.1) is 22.8 Å². The molecule has 0 bridgehead atoms. The van der Waals surface area contributed by atoms with Crippen LogP contribution < -0.4 is 0 Å². The molecule has 8 heteroatoms. The molecule has 0 radical (unpaired) electrons. The predicted molar refractivity (Wildman–Crippen MR) is 161 cm³/mol. The van der Waals surface area contributed by atoms with Crippen LogP contribution in [0.4, 0.5) is 0 Å². The average molecular weight is 662 g/mol. The zero-order valence-corrected chi connectivity index (χ0v) is 29.7. The number of nitrogens with zero attached hydrogens (tertiary/aromatic N) is 6. The molecule has 0 spiro atoms. The summed E-state index contributed by atoms with van der Waals surface area (Å²) < 4.78 is 0. The van der Waals surface area contributed by atoms with Crippen molar-refractivity contribution in [2.45, 2.75) is 53.6 Å². The molecule has 42 heavy (non-hydrogen) atoms. The van der Waals surface area contributed by atoms with Gasteiger partial charge in [0.2, 0.25) is 0 Å². The van der Waals surface area contributed by atoms with Gasteiger partial charge in [0.15, 0.2) is 0 Å². The van der Waals surface area contributed by atoms with Crippen molar-refractivity contribution >= 4 is 0 Å². The zero-order valence-electron chi connectivity index (χ0n) is 23.8. The number of hydrogen-bond acceptors (Lipinski definition) is 6. The fraction of sp³-hybridized carbons (Fsp3) is 0.235. The van der Waals surface area contributed by atoms with Gasteiger partial charge in [0, 0.05) is 64.1 Å². The van der Waals surface area contributed by atoms with E-state index in [0.29, 0.717) is 0 Å². The maximum atomic E-state index is 4.58. The summed E-state index contributed by atoms with van der Waals surface area (Å²) in [5, 5.41) is 0. The van der Waals surface area contributed by atoms with Crippen LogP contribution >= 0.6 is 0 Å². The quantitative estimate of drug-likeness (QED) is 0.140. The second-order valence-electron chi connectivity index (χ2n) is 9.90. The third kappa shape index (κ3) is 11.3. The first-order valence-corrected chi connectivity index (χ1v) is 13.3. The van der Waals surface area contributed by atoms with Crippen molar-refractivity contribution in [2.24, 2.45) is 0 Å². The van der Waals surface area contributed by atoms with E-state index in [9.17, 15) is 0 Å². The number of benzene rings is 1. The zero-order chi connectivity index (χ0) is 26.7. The molecule has 5 rings (SSSR count). The van der Waals surface area contributed by atoms with E-state index in [0.717, 1.165) is 62.0 Å². The van der Waals surface area contributed by atoms with Crippen molar-refractivity contribution in [3.63, 3.8) is 0 Å². The third-order valence-electron chi connectivity index (χ3n) is 6.46. The van der Waals surface area contributed by atoms with E-state index in [-0.39, 0.29) is 46.4 Å². The fourth-order valence-corrected chi connectivity index (χ4v) is 4.87. The van der Waals surface area contributed by atoms with Crippen molar-refractivity contribution < 1.29 is 39.0 Å². The molecular formula is C34H38N6Zn2+4. The van der Waals surface area contributed by atoms with Crippen LogP contribution in [0.3, 0.4) is 0 Å². The molecule has 204 valence electrons. The minimum Gasteiger partial charge on any atom is -0.287 e. The van der Waals surface area contributed by atoms with E-state index in [2.05, 4.69) is 79.1 Å². The van der Waals surface area contributed by atoms with Crippen LogP contribution in [-0.2, 0) is 78.2 Å². The van der Waals surface area contributed by atoms with Crippen LogP contribution in [0, 0.1) is 6.92 Å². The number of aromatic nitrogens is 4. The SMILES string of the molecule is C.Cc1cc(CN(Cc2ccccn2)Cc2ccccn2)cc(CN(Cc2ccccn2)Cc2ccccn2)c1.[Zn+2].[Zn+2]. The normalized spacial score (nSPS) is 10.5. The number of pyridine rings is 4. The van der Waals surface area contributed by atoms with E-state index in [1.807, 2.05) is 73.3 Å². The van der Waals surface area contributed by atoms with E-state index >= 15 is 0 Å². The van der Waals surface area contributed by atoms with Crippen molar-refractivity contribution in [2.75, 3.05) is 0 Å². The maximum absolute atomic E-state index is 4.58. The Balaban J connectivity index is 0.00000205. The molecule has 0 unspecified atom stereocenters. The summed E-state index contributed by atoms with van der Waals surface area (Å²) in [4.78, 5) is 23.1. The van der Waals surface area contributed by atoms with E-state index in [1.165, 1.54) is 16.7 Å². The topological polar surface area (TPSA) is 58.0 Å². The van der Waals surface area contributed by atoms with Gasteiger partial charge in [0.1, 0.15) is 0 Å². The van der Waals surface area contributed by atoms with Crippen LogP contribution in [-0.4, -0.2) is 29.7 Å². The number of aryl methyl sites for hydroxylation is 1. The van der Waals surface area contributed by atoms with Crippen LogP contribution in [0.5, 0.6) is 0 Å². The molecule has 0 aliphatic heterocycles. The molecular weight excluding hydrogens is 623 g/mol. The summed E-state index contributed by atoms with van der Waals surface area (Å²) in [5.41, 5.74) is 8.04. The van der Waals surface area contributed by atoms with Gasteiger partial charge in [-0.25, -0.2) is 0 Å². The summed E-state index contributed by atoms with van der Waals surface area (Å²) in [6.45, 7) is 6.82. The first-order chi connectivity index (χ1) is 19.2. The Kier molecular flexibility index (Phi) is 15.5. The molecule has 4 aromatic heterocycles. The first-order valence-electron chi connectivity index (χ1n) is 13.3.